The van der Waals surface area contributed by atoms with E-state index in [0.717, 1.165) is 12.8 Å². The fourth-order valence-electron chi connectivity index (χ4n) is 2.61. The van der Waals surface area contributed by atoms with Crippen molar-refractivity contribution in [1.29, 1.82) is 0 Å². The first-order valence-corrected chi connectivity index (χ1v) is 5.72. The second kappa shape index (κ2) is 3.63. The van der Waals surface area contributed by atoms with E-state index in [1.165, 1.54) is 12.1 Å². The van der Waals surface area contributed by atoms with E-state index in [1.807, 2.05) is 17.9 Å². The average molecular weight is 207 g/mol. The summed E-state index contributed by atoms with van der Waals surface area (Å²) in [5.41, 5.74) is 7.60. The lowest BCUT2D eigenvalue weighted by Crippen LogP contribution is -2.36. The van der Waals surface area contributed by atoms with Crippen LogP contribution in [-0.4, -0.2) is 15.6 Å². The molecule has 0 spiro atoms. The minimum Gasteiger partial charge on any atom is -0.340 e. The van der Waals surface area contributed by atoms with E-state index in [-0.39, 0.29) is 0 Å². The van der Waals surface area contributed by atoms with Gasteiger partial charge >= 0.3 is 0 Å². The molecule has 1 aliphatic carbocycles. The van der Waals surface area contributed by atoms with Crippen molar-refractivity contribution in [2.45, 2.75) is 45.1 Å². The molecular weight excluding hydrogens is 186 g/mol. The predicted octanol–water partition coefficient (Wildman–Crippen LogP) is 2.04. The van der Waals surface area contributed by atoms with E-state index in [2.05, 4.69) is 25.0 Å². The van der Waals surface area contributed by atoms with Crippen LogP contribution in [0, 0.1) is 5.41 Å². The van der Waals surface area contributed by atoms with E-state index in [1.54, 1.807) is 0 Å². The van der Waals surface area contributed by atoms with Gasteiger partial charge in [-0.2, -0.15) is 0 Å². The van der Waals surface area contributed by atoms with Crippen LogP contribution in [0.2, 0.25) is 0 Å². The number of hydrogen-bond donors (Lipinski definition) is 1. The third kappa shape index (κ3) is 2.07. The summed E-state index contributed by atoms with van der Waals surface area (Å²) in [5.74, 6) is 0.516. The smallest absolute Gasteiger partial charge is 0.0946 e. The molecule has 2 N–H and O–H groups in total. The second-order valence-corrected chi connectivity index (χ2v) is 5.54. The molecule has 3 heteroatoms. The van der Waals surface area contributed by atoms with Crippen LogP contribution in [0.25, 0.3) is 0 Å². The van der Waals surface area contributed by atoms with Gasteiger partial charge in [-0.1, -0.05) is 13.8 Å². The Labute approximate surface area is 91.7 Å². The molecule has 84 valence electrons. The van der Waals surface area contributed by atoms with Crippen LogP contribution < -0.4 is 5.73 Å². The van der Waals surface area contributed by atoms with Crippen LogP contribution >= 0.6 is 0 Å². The molecule has 3 nitrogen and oxygen atoms in total. The number of imidazole rings is 1. The number of hydrogen-bond acceptors (Lipinski definition) is 2. The topological polar surface area (TPSA) is 43.8 Å². The molecule has 1 heterocycles. The zero-order chi connectivity index (χ0) is 11.1. The summed E-state index contributed by atoms with van der Waals surface area (Å²) >= 11 is 0. The molecule has 1 aromatic heterocycles. The first-order chi connectivity index (χ1) is 6.99. The molecule has 1 fully saturated rings. The average Bonchev–Trinajstić information content (AvgIpc) is 2.56. The second-order valence-electron chi connectivity index (χ2n) is 5.54. The Balaban J connectivity index is 2.25. The Hall–Kier alpha value is -0.830. The van der Waals surface area contributed by atoms with Gasteiger partial charge in [0.25, 0.3) is 0 Å². The van der Waals surface area contributed by atoms with E-state index in [4.69, 9.17) is 5.73 Å². The van der Waals surface area contributed by atoms with Crippen LogP contribution in [0.1, 0.15) is 44.7 Å². The Morgan fingerprint density at radius 2 is 2.27 bits per heavy atom. The molecule has 0 saturated heterocycles. The monoisotopic (exact) mass is 207 g/mol. The molecule has 15 heavy (non-hydrogen) atoms. The molecule has 2 atom stereocenters. The highest BCUT2D eigenvalue weighted by atomic mass is 15.0. The third-order valence-electron chi connectivity index (χ3n) is 3.72. The molecule has 1 aromatic rings. The summed E-state index contributed by atoms with van der Waals surface area (Å²) in [6, 6.07) is 0.352. The highest BCUT2D eigenvalue weighted by Gasteiger charge is 2.37. The lowest BCUT2D eigenvalue weighted by molar-refractivity contribution is 0.180. The molecule has 0 radical (unpaired) electrons. The molecule has 0 aromatic carbocycles. The molecule has 0 bridgehead atoms. The van der Waals surface area contributed by atoms with Gasteiger partial charge in [0.15, 0.2) is 0 Å². The molecule has 0 aliphatic heterocycles. The van der Waals surface area contributed by atoms with Crippen LogP contribution in [0.15, 0.2) is 12.5 Å². The van der Waals surface area contributed by atoms with Gasteiger partial charge in [0.2, 0.25) is 0 Å². The van der Waals surface area contributed by atoms with E-state index in [9.17, 15) is 0 Å². The van der Waals surface area contributed by atoms with Crippen LogP contribution in [-0.2, 0) is 7.05 Å². The maximum atomic E-state index is 6.06. The van der Waals surface area contributed by atoms with E-state index in [0.29, 0.717) is 17.4 Å². The van der Waals surface area contributed by atoms with Crippen molar-refractivity contribution in [3.05, 3.63) is 18.2 Å². The molecule has 2 unspecified atom stereocenters. The van der Waals surface area contributed by atoms with Gasteiger partial charge in [0.1, 0.15) is 0 Å². The number of nitrogens with two attached hydrogens (primary N) is 1. The van der Waals surface area contributed by atoms with Crippen LogP contribution in [0.3, 0.4) is 0 Å². The van der Waals surface area contributed by atoms with Crippen molar-refractivity contribution in [2.24, 2.45) is 18.2 Å². The predicted molar refractivity (Wildman–Crippen MR) is 61.6 cm³/mol. The maximum Gasteiger partial charge on any atom is 0.0946 e. The van der Waals surface area contributed by atoms with Crippen molar-refractivity contribution in [2.75, 3.05) is 0 Å². The Bertz CT molecular complexity index is 340. The zero-order valence-electron chi connectivity index (χ0n) is 9.90. The molecule has 1 aliphatic rings. The quantitative estimate of drug-likeness (QED) is 0.766. The Morgan fingerprint density at radius 3 is 2.87 bits per heavy atom. The third-order valence-corrected chi connectivity index (χ3v) is 3.72. The van der Waals surface area contributed by atoms with E-state index < -0.39 is 0 Å². The normalized spacial score (nSPS) is 30.4. The van der Waals surface area contributed by atoms with Crippen molar-refractivity contribution in [3.63, 3.8) is 0 Å². The van der Waals surface area contributed by atoms with Gasteiger partial charge in [-0.3, -0.25) is 0 Å². The van der Waals surface area contributed by atoms with Gasteiger partial charge in [0, 0.05) is 25.2 Å². The fourth-order valence-corrected chi connectivity index (χ4v) is 2.61. The van der Waals surface area contributed by atoms with E-state index >= 15 is 0 Å². The van der Waals surface area contributed by atoms with Gasteiger partial charge in [0.05, 0.1) is 12.0 Å². The van der Waals surface area contributed by atoms with Gasteiger partial charge in [-0.25, -0.2) is 4.98 Å². The zero-order valence-corrected chi connectivity index (χ0v) is 9.90. The summed E-state index contributed by atoms with van der Waals surface area (Å²) in [6.45, 7) is 4.66. The minimum absolute atomic E-state index is 0.338. The molecule has 1 saturated carbocycles. The number of rotatable bonds is 1. The van der Waals surface area contributed by atoms with Gasteiger partial charge in [-0.15, -0.1) is 0 Å². The number of aryl methyl sites for hydroxylation is 1. The summed E-state index contributed by atoms with van der Waals surface area (Å²) in [4.78, 5) is 4.48. The summed E-state index contributed by atoms with van der Waals surface area (Å²) in [7, 11) is 2.02. The molecule has 0 amide bonds. The molecule has 2 rings (SSSR count). The van der Waals surface area contributed by atoms with Crippen molar-refractivity contribution >= 4 is 0 Å². The van der Waals surface area contributed by atoms with Crippen LogP contribution in [0.4, 0.5) is 0 Å². The summed E-state index contributed by atoms with van der Waals surface area (Å²) < 4.78 is 2.02. The Morgan fingerprint density at radius 1 is 1.53 bits per heavy atom. The van der Waals surface area contributed by atoms with Crippen molar-refractivity contribution in [3.8, 4) is 0 Å². The lowest BCUT2D eigenvalue weighted by atomic mass is 9.66. The highest BCUT2D eigenvalue weighted by Crippen LogP contribution is 2.45. The van der Waals surface area contributed by atoms with Crippen molar-refractivity contribution < 1.29 is 0 Å². The van der Waals surface area contributed by atoms with Crippen LogP contribution in [0.5, 0.6) is 0 Å². The summed E-state index contributed by atoms with van der Waals surface area (Å²) in [6.07, 6.45) is 7.44. The van der Waals surface area contributed by atoms with Gasteiger partial charge < -0.3 is 10.3 Å². The SMILES string of the molecule is Cn1cnc(C2CC(N)CCC2(C)C)c1. The Kier molecular flexibility index (Phi) is 2.59. The minimum atomic E-state index is 0.338. The maximum absolute atomic E-state index is 6.06. The highest BCUT2D eigenvalue weighted by molar-refractivity contribution is 5.11. The van der Waals surface area contributed by atoms with Gasteiger partial charge in [-0.05, 0) is 24.7 Å². The molecular formula is C12H21N3. The summed E-state index contributed by atoms with van der Waals surface area (Å²) in [5, 5.41) is 0. The lowest BCUT2D eigenvalue weighted by Gasteiger charge is -2.40. The standard InChI is InChI=1S/C12H21N3/c1-12(2)5-4-9(13)6-10(12)11-7-15(3)8-14-11/h7-10H,4-6,13H2,1-3H3. The number of nitrogens with zero attached hydrogens (tertiary/aromatic N) is 2. The largest absolute Gasteiger partial charge is 0.340 e. The first kappa shape index (κ1) is 10.7. The fraction of sp³-hybridized carbons (Fsp3) is 0.750. The number of aromatic nitrogens is 2. The first-order valence-electron chi connectivity index (χ1n) is 5.72. The van der Waals surface area contributed by atoms with Crippen molar-refractivity contribution in [1.82, 2.24) is 9.55 Å².